The summed E-state index contributed by atoms with van der Waals surface area (Å²) in [6, 6.07) is 14.6. The number of ketones is 1. The Bertz CT molecular complexity index is 953. The number of piperidine rings is 1. The van der Waals surface area contributed by atoms with Crippen LogP contribution >= 0.6 is 0 Å². The Balaban J connectivity index is 1.22. The predicted octanol–water partition coefficient (Wildman–Crippen LogP) is 3.59. The number of nitrogens with zero attached hydrogens (tertiary/aromatic N) is 2. The van der Waals surface area contributed by atoms with Crippen molar-refractivity contribution in [2.24, 2.45) is 0 Å². The Labute approximate surface area is 171 Å². The molecule has 1 amide bonds. The zero-order valence-electron chi connectivity index (χ0n) is 16.9. The number of nitrogens with one attached hydrogen (secondary N) is 1. The predicted molar refractivity (Wildman–Crippen MR) is 115 cm³/mol. The molecule has 0 bridgehead atoms. The van der Waals surface area contributed by atoms with Crippen LogP contribution < -0.4 is 10.2 Å². The SMILES string of the molecule is Cc1ccc(C(=O)CCCN2CC[C@H]3[C@@H](C2)c2cccc4c2N3CC(=O)N4)cc1. The number of Topliss-reactive ketones (excluding diaryl/α,β-unsaturated/α-hetero) is 1. The van der Waals surface area contributed by atoms with Crippen LogP contribution in [0.5, 0.6) is 0 Å². The van der Waals surface area contributed by atoms with Gasteiger partial charge in [0.2, 0.25) is 5.91 Å². The molecule has 1 fully saturated rings. The number of rotatable bonds is 5. The molecule has 3 aliphatic rings. The van der Waals surface area contributed by atoms with Gasteiger partial charge in [-0.05, 0) is 37.9 Å². The molecule has 3 heterocycles. The summed E-state index contributed by atoms with van der Waals surface area (Å²) in [5, 5.41) is 3.03. The van der Waals surface area contributed by atoms with Crippen LogP contribution in [0.15, 0.2) is 42.5 Å². The molecule has 0 unspecified atom stereocenters. The van der Waals surface area contributed by atoms with E-state index in [4.69, 9.17) is 0 Å². The summed E-state index contributed by atoms with van der Waals surface area (Å²) in [4.78, 5) is 29.4. The van der Waals surface area contributed by atoms with Crippen LogP contribution in [0.25, 0.3) is 0 Å². The molecular formula is C24H27N3O2. The van der Waals surface area contributed by atoms with Crippen LogP contribution in [0.2, 0.25) is 0 Å². The fourth-order valence-electron chi connectivity index (χ4n) is 5.22. The van der Waals surface area contributed by atoms with Crippen LogP contribution in [-0.4, -0.2) is 48.8 Å². The Hall–Kier alpha value is -2.66. The van der Waals surface area contributed by atoms with Crippen LogP contribution in [0.4, 0.5) is 11.4 Å². The van der Waals surface area contributed by atoms with Crippen molar-refractivity contribution in [3.8, 4) is 0 Å². The Morgan fingerprint density at radius 2 is 2.00 bits per heavy atom. The first-order chi connectivity index (χ1) is 14.1. The van der Waals surface area contributed by atoms with Crippen molar-refractivity contribution in [2.75, 3.05) is 36.4 Å². The fourth-order valence-corrected chi connectivity index (χ4v) is 5.22. The monoisotopic (exact) mass is 389 g/mol. The molecule has 29 heavy (non-hydrogen) atoms. The maximum Gasteiger partial charge on any atom is 0.243 e. The second-order valence-electron chi connectivity index (χ2n) is 8.58. The Morgan fingerprint density at radius 3 is 2.83 bits per heavy atom. The van der Waals surface area contributed by atoms with Gasteiger partial charge in [0, 0.05) is 37.0 Å². The molecule has 150 valence electrons. The fraction of sp³-hybridized carbons (Fsp3) is 0.417. The highest BCUT2D eigenvalue weighted by atomic mass is 16.2. The Kier molecular flexibility index (Phi) is 4.63. The second-order valence-corrected chi connectivity index (χ2v) is 8.58. The number of carbonyl (C=O) groups is 2. The number of benzene rings is 2. The molecule has 3 aliphatic heterocycles. The summed E-state index contributed by atoms with van der Waals surface area (Å²) >= 11 is 0. The molecule has 1 N–H and O–H groups in total. The number of amides is 1. The number of likely N-dealkylation sites (tertiary alicyclic amines) is 1. The van der Waals surface area contributed by atoms with E-state index >= 15 is 0 Å². The minimum atomic E-state index is 0.0901. The molecule has 5 heteroatoms. The minimum absolute atomic E-state index is 0.0901. The molecule has 5 rings (SSSR count). The third kappa shape index (κ3) is 3.33. The molecule has 0 aromatic heterocycles. The van der Waals surface area contributed by atoms with Crippen molar-refractivity contribution in [3.05, 3.63) is 59.2 Å². The van der Waals surface area contributed by atoms with Gasteiger partial charge in [-0.15, -0.1) is 0 Å². The average Bonchev–Trinajstić information content (AvgIpc) is 3.03. The lowest BCUT2D eigenvalue weighted by molar-refractivity contribution is -0.115. The van der Waals surface area contributed by atoms with Gasteiger partial charge < -0.3 is 15.1 Å². The smallest absolute Gasteiger partial charge is 0.243 e. The van der Waals surface area contributed by atoms with Gasteiger partial charge in [-0.1, -0.05) is 42.0 Å². The lowest BCUT2D eigenvalue weighted by atomic mass is 9.89. The van der Waals surface area contributed by atoms with Crippen molar-refractivity contribution in [3.63, 3.8) is 0 Å². The van der Waals surface area contributed by atoms with Crippen LogP contribution in [-0.2, 0) is 4.79 Å². The van der Waals surface area contributed by atoms with Crippen LogP contribution in [0.3, 0.4) is 0 Å². The second kappa shape index (κ2) is 7.30. The van der Waals surface area contributed by atoms with E-state index in [1.807, 2.05) is 37.3 Å². The van der Waals surface area contributed by atoms with E-state index in [1.54, 1.807) is 0 Å². The first kappa shape index (κ1) is 18.4. The summed E-state index contributed by atoms with van der Waals surface area (Å²) < 4.78 is 0. The number of carbonyl (C=O) groups excluding carboxylic acids is 2. The van der Waals surface area contributed by atoms with E-state index in [9.17, 15) is 9.59 Å². The van der Waals surface area contributed by atoms with Gasteiger partial charge in [0.1, 0.15) is 0 Å². The third-order valence-electron chi connectivity index (χ3n) is 6.65. The molecule has 2 atom stereocenters. The molecule has 0 saturated carbocycles. The highest BCUT2D eigenvalue weighted by Gasteiger charge is 2.44. The third-order valence-corrected chi connectivity index (χ3v) is 6.65. The normalized spacial score (nSPS) is 22.8. The molecule has 2 aromatic carbocycles. The summed E-state index contributed by atoms with van der Waals surface area (Å²) in [6.45, 7) is 5.49. The van der Waals surface area contributed by atoms with E-state index in [2.05, 4.69) is 27.2 Å². The summed E-state index contributed by atoms with van der Waals surface area (Å²) in [5.74, 6) is 0.768. The number of hydrogen-bond acceptors (Lipinski definition) is 4. The van der Waals surface area contributed by atoms with Gasteiger partial charge >= 0.3 is 0 Å². The van der Waals surface area contributed by atoms with Crippen molar-refractivity contribution in [1.29, 1.82) is 0 Å². The topological polar surface area (TPSA) is 52.7 Å². The van der Waals surface area contributed by atoms with Crippen molar-refractivity contribution < 1.29 is 9.59 Å². The summed E-state index contributed by atoms with van der Waals surface area (Å²) in [6.07, 6.45) is 2.55. The zero-order chi connectivity index (χ0) is 20.0. The van der Waals surface area contributed by atoms with E-state index < -0.39 is 0 Å². The first-order valence-corrected chi connectivity index (χ1v) is 10.6. The molecule has 5 nitrogen and oxygen atoms in total. The van der Waals surface area contributed by atoms with E-state index in [0.29, 0.717) is 24.9 Å². The lowest BCUT2D eigenvalue weighted by Crippen LogP contribution is -2.49. The Morgan fingerprint density at radius 1 is 1.17 bits per heavy atom. The quantitative estimate of drug-likeness (QED) is 0.794. The molecular weight excluding hydrogens is 362 g/mol. The minimum Gasteiger partial charge on any atom is -0.357 e. The number of fused-ring (bicyclic) bond motifs is 3. The zero-order valence-corrected chi connectivity index (χ0v) is 16.9. The van der Waals surface area contributed by atoms with Gasteiger partial charge in [-0.2, -0.15) is 0 Å². The molecule has 2 aromatic rings. The van der Waals surface area contributed by atoms with Gasteiger partial charge in [-0.25, -0.2) is 0 Å². The highest BCUT2D eigenvalue weighted by Crippen LogP contribution is 2.49. The summed E-state index contributed by atoms with van der Waals surface area (Å²) in [7, 11) is 0. The summed E-state index contributed by atoms with van der Waals surface area (Å²) in [5.41, 5.74) is 5.56. The van der Waals surface area contributed by atoms with Gasteiger partial charge in [0.25, 0.3) is 0 Å². The lowest BCUT2D eigenvalue weighted by Gasteiger charge is -2.39. The maximum atomic E-state index is 12.4. The van der Waals surface area contributed by atoms with Gasteiger partial charge in [0.05, 0.1) is 17.9 Å². The number of para-hydroxylation sites is 1. The standard InChI is InChI=1S/C24H27N3O2/c1-16-7-9-17(10-8-16)22(28)6-3-12-26-13-11-21-19(14-26)18-4-2-5-20-24(18)27(21)15-23(29)25-20/h2,4-5,7-10,19,21H,3,6,11-15H2,1H3,(H,25,29)/t19-,21-/m0/s1. The molecule has 0 spiro atoms. The van der Waals surface area contributed by atoms with E-state index in [0.717, 1.165) is 43.7 Å². The number of anilines is 2. The number of aryl methyl sites for hydroxylation is 1. The molecule has 0 radical (unpaired) electrons. The van der Waals surface area contributed by atoms with Crippen molar-refractivity contribution in [1.82, 2.24) is 4.90 Å². The average molecular weight is 389 g/mol. The highest BCUT2D eigenvalue weighted by molar-refractivity contribution is 6.03. The van der Waals surface area contributed by atoms with E-state index in [1.165, 1.54) is 16.8 Å². The first-order valence-electron chi connectivity index (χ1n) is 10.6. The molecule has 0 aliphatic carbocycles. The van der Waals surface area contributed by atoms with Crippen LogP contribution in [0.1, 0.15) is 46.7 Å². The van der Waals surface area contributed by atoms with Gasteiger partial charge in [-0.3, -0.25) is 9.59 Å². The van der Waals surface area contributed by atoms with Crippen molar-refractivity contribution in [2.45, 2.75) is 38.1 Å². The largest absolute Gasteiger partial charge is 0.357 e. The van der Waals surface area contributed by atoms with E-state index in [-0.39, 0.29) is 11.7 Å². The van der Waals surface area contributed by atoms with Gasteiger partial charge in [0.15, 0.2) is 5.78 Å². The molecule has 1 saturated heterocycles. The maximum absolute atomic E-state index is 12.4. The van der Waals surface area contributed by atoms with Crippen molar-refractivity contribution >= 4 is 23.1 Å². The van der Waals surface area contributed by atoms with Crippen LogP contribution in [0, 0.1) is 6.92 Å². The number of hydrogen-bond donors (Lipinski definition) is 1.